The number of urea groups is 1. The van der Waals surface area contributed by atoms with Crippen molar-refractivity contribution < 1.29 is 26.9 Å². The summed E-state index contributed by atoms with van der Waals surface area (Å²) in [7, 11) is -3.29. The van der Waals surface area contributed by atoms with E-state index in [1.165, 1.54) is 25.0 Å². The van der Waals surface area contributed by atoms with Gasteiger partial charge in [-0.25, -0.2) is 13.8 Å². The fourth-order valence-corrected chi connectivity index (χ4v) is 9.03. The van der Waals surface area contributed by atoms with E-state index in [4.69, 9.17) is 4.78 Å². The Kier molecular flexibility index (Phi) is 5.01. The summed E-state index contributed by atoms with van der Waals surface area (Å²) in [4.78, 5) is 20.1. The molecule has 0 bridgehead atoms. The SMILES string of the molecule is N=S(=O)(c1cccc(OC(F)(F)F)c1)C1CC2(C1)CN(C(=O)N1CC3(CC(c4nnc(C5CC5)[nH]4)C3)C1)C2. The molecule has 9 nitrogen and oxygen atoms in total. The van der Waals surface area contributed by atoms with Crippen LogP contribution in [0.1, 0.15) is 62.0 Å². The lowest BCUT2D eigenvalue weighted by Gasteiger charge is -2.63. The smallest absolute Gasteiger partial charge is 0.406 e. The summed E-state index contributed by atoms with van der Waals surface area (Å²) in [5, 5.41) is 8.18. The molecule has 1 aromatic carbocycles. The van der Waals surface area contributed by atoms with Crippen molar-refractivity contribution in [1.82, 2.24) is 25.0 Å². The van der Waals surface area contributed by atoms with Crippen molar-refractivity contribution in [1.29, 1.82) is 4.78 Å². The summed E-state index contributed by atoms with van der Waals surface area (Å²) in [6.07, 6.45) is 0.621. The third-order valence-corrected chi connectivity index (χ3v) is 11.3. The van der Waals surface area contributed by atoms with Crippen molar-refractivity contribution in [3.63, 3.8) is 0 Å². The van der Waals surface area contributed by atoms with E-state index in [-0.39, 0.29) is 21.8 Å². The number of nitrogens with zero attached hydrogens (tertiary/aromatic N) is 4. The standard InChI is InChI=1S/C25H29F3N6O3S/c26-25(27,28)37-17-2-1-3-18(6-17)38(29,36)19-9-24(10-19)13-34(14-24)22(35)33-11-23(12-33)7-16(8-23)21-30-20(31-32-21)15-4-5-15/h1-3,6,15-16,19,29H,4-5,7-14H2,(H,30,31,32). The lowest BCUT2D eigenvalue weighted by atomic mass is 9.57. The Morgan fingerprint density at radius 3 is 2.16 bits per heavy atom. The lowest BCUT2D eigenvalue weighted by Crippen LogP contribution is -2.71. The summed E-state index contributed by atoms with van der Waals surface area (Å²) in [6, 6.07) is 4.95. The third kappa shape index (κ3) is 4.04. The van der Waals surface area contributed by atoms with Crippen LogP contribution in [-0.4, -0.2) is 73.0 Å². The van der Waals surface area contributed by atoms with Crippen molar-refractivity contribution in [3.8, 4) is 5.75 Å². The largest absolute Gasteiger partial charge is 0.573 e. The summed E-state index contributed by atoms with van der Waals surface area (Å²) >= 11 is 0. The number of aromatic amines is 1. The minimum atomic E-state index is -4.85. The number of alkyl halides is 3. The number of carbonyl (C=O) groups excluding carboxylic acids is 1. The number of nitrogens with one attached hydrogen (secondary N) is 2. The zero-order chi connectivity index (χ0) is 26.5. The van der Waals surface area contributed by atoms with Crippen LogP contribution in [0.5, 0.6) is 5.75 Å². The summed E-state index contributed by atoms with van der Waals surface area (Å²) in [5.41, 5.74) is 0.0534. The molecule has 2 spiro atoms. The Balaban J connectivity index is 0.882. The minimum Gasteiger partial charge on any atom is -0.406 e. The Bertz CT molecular complexity index is 1380. The maximum absolute atomic E-state index is 13.2. The maximum atomic E-state index is 13.2. The molecule has 1 atom stereocenters. The molecule has 7 rings (SSSR count). The van der Waals surface area contributed by atoms with Gasteiger partial charge in [0.1, 0.15) is 17.4 Å². The van der Waals surface area contributed by atoms with Gasteiger partial charge < -0.3 is 19.5 Å². The molecule has 3 heterocycles. The second-order valence-electron chi connectivity index (χ2n) is 12.1. The van der Waals surface area contributed by atoms with Gasteiger partial charge in [-0.1, -0.05) is 6.07 Å². The number of H-pyrrole nitrogens is 1. The Labute approximate surface area is 218 Å². The van der Waals surface area contributed by atoms with Crippen molar-refractivity contribution in [2.24, 2.45) is 10.8 Å². The number of hydrogen-bond donors (Lipinski definition) is 2. The normalized spacial score (nSPS) is 25.8. The first-order valence-electron chi connectivity index (χ1n) is 13.0. The first kappa shape index (κ1) is 24.2. The van der Waals surface area contributed by atoms with Crippen LogP contribution in [0.25, 0.3) is 0 Å². The number of ether oxygens (including phenoxy) is 1. The molecular weight excluding hydrogens is 521 g/mol. The summed E-state index contributed by atoms with van der Waals surface area (Å²) in [6.45, 7) is 2.66. The molecule has 5 aliphatic rings. The van der Waals surface area contributed by atoms with Crippen LogP contribution in [0.3, 0.4) is 0 Å². The van der Waals surface area contributed by atoms with E-state index in [0.29, 0.717) is 37.8 Å². The van der Waals surface area contributed by atoms with Gasteiger partial charge in [-0.3, -0.25) is 0 Å². The Morgan fingerprint density at radius 1 is 1.00 bits per heavy atom. The van der Waals surface area contributed by atoms with Gasteiger partial charge in [0.25, 0.3) is 0 Å². The molecule has 204 valence electrons. The van der Waals surface area contributed by atoms with Gasteiger partial charge >= 0.3 is 12.4 Å². The number of aromatic nitrogens is 3. The highest BCUT2D eigenvalue weighted by molar-refractivity contribution is 7.93. The number of benzene rings is 1. The molecule has 2 aliphatic heterocycles. The fraction of sp³-hybridized carbons (Fsp3) is 0.640. The van der Waals surface area contributed by atoms with E-state index in [1.807, 2.05) is 9.80 Å². The monoisotopic (exact) mass is 550 g/mol. The quantitative estimate of drug-likeness (QED) is 0.571. The Morgan fingerprint density at radius 2 is 1.58 bits per heavy atom. The average molecular weight is 551 g/mol. The van der Waals surface area contributed by atoms with E-state index in [1.54, 1.807) is 0 Å². The molecular formula is C25H29F3N6O3S. The van der Waals surface area contributed by atoms with Crippen molar-refractivity contribution in [2.45, 2.75) is 66.9 Å². The number of carbonyl (C=O) groups is 1. The van der Waals surface area contributed by atoms with Gasteiger partial charge in [0.2, 0.25) is 0 Å². The molecule has 0 radical (unpaired) electrons. The molecule has 2 N–H and O–H groups in total. The number of likely N-dealkylation sites (tertiary alicyclic amines) is 2. The highest BCUT2D eigenvalue weighted by Gasteiger charge is 2.60. The lowest BCUT2D eigenvalue weighted by molar-refractivity contribution is -0.274. The van der Waals surface area contributed by atoms with Gasteiger partial charge in [-0.2, -0.15) is 0 Å². The molecule has 2 aromatic rings. The predicted molar refractivity (Wildman–Crippen MR) is 129 cm³/mol. The van der Waals surface area contributed by atoms with Crippen molar-refractivity contribution in [2.75, 3.05) is 26.2 Å². The van der Waals surface area contributed by atoms with Crippen LogP contribution >= 0.6 is 0 Å². The minimum absolute atomic E-state index is 0.0347. The van der Waals surface area contributed by atoms with Gasteiger partial charge in [0.15, 0.2) is 0 Å². The van der Waals surface area contributed by atoms with E-state index >= 15 is 0 Å². The van der Waals surface area contributed by atoms with Gasteiger partial charge in [0.05, 0.1) is 14.6 Å². The molecule has 1 unspecified atom stereocenters. The van der Waals surface area contributed by atoms with E-state index in [2.05, 4.69) is 19.9 Å². The molecule has 5 fully saturated rings. The number of halogens is 3. The third-order valence-electron chi connectivity index (χ3n) is 9.06. The molecule has 13 heteroatoms. The molecule has 3 aliphatic carbocycles. The molecule has 2 amide bonds. The van der Waals surface area contributed by atoms with Crippen LogP contribution < -0.4 is 4.74 Å². The summed E-state index contributed by atoms with van der Waals surface area (Å²) < 4.78 is 63.2. The zero-order valence-electron chi connectivity index (χ0n) is 20.7. The second kappa shape index (κ2) is 7.86. The van der Waals surface area contributed by atoms with Crippen molar-refractivity contribution >= 4 is 15.8 Å². The van der Waals surface area contributed by atoms with E-state index < -0.39 is 27.1 Å². The Hall–Kier alpha value is -2.83. The van der Waals surface area contributed by atoms with E-state index in [0.717, 1.165) is 49.7 Å². The highest BCUT2D eigenvalue weighted by atomic mass is 32.2. The molecule has 1 aromatic heterocycles. The fourth-order valence-electron chi connectivity index (χ4n) is 6.90. The predicted octanol–water partition coefficient (Wildman–Crippen LogP) is 4.45. The van der Waals surface area contributed by atoms with Crippen LogP contribution in [0.15, 0.2) is 29.2 Å². The van der Waals surface area contributed by atoms with Crippen LogP contribution in [0, 0.1) is 15.6 Å². The second-order valence-corrected chi connectivity index (χ2v) is 14.5. The van der Waals surface area contributed by atoms with Gasteiger partial charge in [-0.05, 0) is 56.7 Å². The summed E-state index contributed by atoms with van der Waals surface area (Å²) in [5.74, 6) is 2.48. The first-order valence-corrected chi connectivity index (χ1v) is 14.6. The van der Waals surface area contributed by atoms with Crippen LogP contribution in [0.4, 0.5) is 18.0 Å². The average Bonchev–Trinajstić information content (AvgIpc) is 3.46. The number of hydrogen-bond acceptors (Lipinski definition) is 6. The number of amides is 2. The topological polar surface area (TPSA) is 115 Å². The zero-order valence-corrected chi connectivity index (χ0v) is 21.5. The highest BCUT2D eigenvalue weighted by Crippen LogP contribution is 2.57. The molecule has 2 saturated heterocycles. The van der Waals surface area contributed by atoms with E-state index in [9.17, 15) is 22.2 Å². The maximum Gasteiger partial charge on any atom is 0.573 e. The van der Waals surface area contributed by atoms with Gasteiger partial charge in [-0.15, -0.1) is 23.4 Å². The first-order chi connectivity index (χ1) is 17.9. The van der Waals surface area contributed by atoms with Gasteiger partial charge in [0, 0.05) is 54.1 Å². The molecule has 38 heavy (non-hydrogen) atoms. The van der Waals surface area contributed by atoms with Crippen LogP contribution in [0.2, 0.25) is 0 Å². The van der Waals surface area contributed by atoms with Crippen LogP contribution in [-0.2, 0) is 9.73 Å². The van der Waals surface area contributed by atoms with Crippen molar-refractivity contribution in [3.05, 3.63) is 35.9 Å². The molecule has 3 saturated carbocycles. The number of rotatable bonds is 5.